The molecule has 26 heavy (non-hydrogen) atoms. The van der Waals surface area contributed by atoms with Crippen LogP contribution in [0.5, 0.6) is 0 Å². The molecule has 134 valence electrons. The Morgan fingerprint density at radius 2 is 2.12 bits per heavy atom. The van der Waals surface area contributed by atoms with Crippen LogP contribution in [0.25, 0.3) is 10.9 Å². The molecular formula is C21H24N4O. The smallest absolute Gasteiger partial charge is 0.254 e. The largest absolute Gasteiger partial charge is 0.337 e. The molecule has 5 nitrogen and oxygen atoms in total. The first-order valence-electron chi connectivity index (χ1n) is 9.30. The number of hydrogen-bond acceptors (Lipinski definition) is 3. The van der Waals surface area contributed by atoms with Crippen molar-refractivity contribution in [3.05, 3.63) is 60.3 Å². The molecule has 3 heterocycles. The quantitative estimate of drug-likeness (QED) is 0.718. The summed E-state index contributed by atoms with van der Waals surface area (Å²) < 4.78 is 2.11. The summed E-state index contributed by atoms with van der Waals surface area (Å²) in [6.45, 7) is 5.75. The van der Waals surface area contributed by atoms with E-state index in [2.05, 4.69) is 23.4 Å². The first-order chi connectivity index (χ1) is 12.6. The van der Waals surface area contributed by atoms with Crippen molar-refractivity contribution in [1.29, 1.82) is 0 Å². The second-order valence-corrected chi connectivity index (χ2v) is 7.32. The number of fused-ring (bicyclic) bond motifs is 1. The molecule has 1 aliphatic heterocycles. The second-order valence-electron chi connectivity index (χ2n) is 7.32. The molecule has 0 bridgehead atoms. The Morgan fingerprint density at radius 1 is 1.27 bits per heavy atom. The molecule has 1 aromatic carbocycles. The fraction of sp³-hybridized carbons (Fsp3) is 0.381. The van der Waals surface area contributed by atoms with Gasteiger partial charge >= 0.3 is 0 Å². The number of nitrogens with zero attached hydrogens (tertiary/aromatic N) is 4. The van der Waals surface area contributed by atoms with Gasteiger partial charge in [-0.05, 0) is 30.9 Å². The summed E-state index contributed by atoms with van der Waals surface area (Å²) in [6.07, 6.45) is 7.71. The second kappa shape index (κ2) is 6.90. The molecule has 1 saturated heterocycles. The molecule has 0 N–H and O–H groups in total. The van der Waals surface area contributed by atoms with Crippen molar-refractivity contribution < 1.29 is 4.79 Å². The van der Waals surface area contributed by atoms with Crippen LogP contribution in [0.3, 0.4) is 0 Å². The Kier molecular flexibility index (Phi) is 4.45. The topological polar surface area (TPSA) is 51.0 Å². The van der Waals surface area contributed by atoms with E-state index in [0.29, 0.717) is 6.04 Å². The summed E-state index contributed by atoms with van der Waals surface area (Å²) in [4.78, 5) is 24.2. The number of piperidine rings is 1. The standard InChI is InChI=1S/C21H24N4O/c1-15(2)20-12-18(17-7-3-4-8-19(17)23-20)21(26)24-10-5-6-16(13-24)25-11-9-22-14-25/h3-4,7-9,11-12,14-16H,5-6,10,13H2,1-2H3. The van der Waals surface area contributed by atoms with Gasteiger partial charge in [-0.1, -0.05) is 32.0 Å². The van der Waals surface area contributed by atoms with Gasteiger partial charge in [0.25, 0.3) is 5.91 Å². The third-order valence-electron chi connectivity index (χ3n) is 5.19. The zero-order valence-corrected chi connectivity index (χ0v) is 15.3. The first kappa shape index (κ1) is 16.8. The lowest BCUT2D eigenvalue weighted by molar-refractivity contribution is 0.0681. The highest BCUT2D eigenvalue weighted by Gasteiger charge is 2.27. The van der Waals surface area contributed by atoms with Gasteiger partial charge in [0.1, 0.15) is 0 Å². The average Bonchev–Trinajstić information content (AvgIpc) is 3.21. The SMILES string of the molecule is CC(C)c1cc(C(=O)N2CCCC(n3ccnc3)C2)c2ccccc2n1. The van der Waals surface area contributed by atoms with Crippen molar-refractivity contribution in [2.24, 2.45) is 0 Å². The van der Waals surface area contributed by atoms with E-state index >= 15 is 0 Å². The maximum absolute atomic E-state index is 13.4. The van der Waals surface area contributed by atoms with Crippen LogP contribution in [0.4, 0.5) is 0 Å². The van der Waals surface area contributed by atoms with E-state index in [-0.39, 0.29) is 11.8 Å². The number of likely N-dealkylation sites (tertiary alicyclic amines) is 1. The number of rotatable bonds is 3. The highest BCUT2D eigenvalue weighted by molar-refractivity contribution is 6.06. The van der Waals surface area contributed by atoms with Crippen LogP contribution in [0.1, 0.15) is 54.7 Å². The predicted octanol–water partition coefficient (Wildman–Crippen LogP) is 4.03. The summed E-state index contributed by atoms with van der Waals surface area (Å²) >= 11 is 0. The van der Waals surface area contributed by atoms with Gasteiger partial charge in [-0.2, -0.15) is 0 Å². The Labute approximate surface area is 153 Å². The van der Waals surface area contributed by atoms with Crippen molar-refractivity contribution in [3.63, 3.8) is 0 Å². The highest BCUT2D eigenvalue weighted by Crippen LogP contribution is 2.27. The average molecular weight is 348 g/mol. The fourth-order valence-corrected chi connectivity index (χ4v) is 3.71. The zero-order chi connectivity index (χ0) is 18.1. The molecule has 0 spiro atoms. The van der Waals surface area contributed by atoms with Gasteiger partial charge in [0.15, 0.2) is 0 Å². The van der Waals surface area contributed by atoms with Crippen molar-refractivity contribution >= 4 is 16.8 Å². The van der Waals surface area contributed by atoms with Gasteiger partial charge < -0.3 is 9.47 Å². The molecule has 5 heteroatoms. The zero-order valence-electron chi connectivity index (χ0n) is 15.3. The minimum absolute atomic E-state index is 0.107. The summed E-state index contributed by atoms with van der Waals surface area (Å²) in [7, 11) is 0. The monoisotopic (exact) mass is 348 g/mol. The number of carbonyl (C=O) groups excluding carboxylic acids is 1. The molecule has 0 saturated carbocycles. The van der Waals surface area contributed by atoms with Crippen LogP contribution in [-0.4, -0.2) is 38.4 Å². The number of para-hydroxylation sites is 1. The third kappa shape index (κ3) is 3.09. The molecule has 1 amide bonds. The lowest BCUT2D eigenvalue weighted by Crippen LogP contribution is -2.40. The maximum atomic E-state index is 13.4. The van der Waals surface area contributed by atoms with E-state index in [1.165, 1.54) is 0 Å². The number of carbonyl (C=O) groups is 1. The van der Waals surface area contributed by atoms with Gasteiger partial charge in [0.2, 0.25) is 0 Å². The van der Waals surface area contributed by atoms with Crippen molar-refractivity contribution in [2.75, 3.05) is 13.1 Å². The summed E-state index contributed by atoms with van der Waals surface area (Å²) in [5.74, 6) is 0.390. The van der Waals surface area contributed by atoms with E-state index in [1.807, 2.05) is 47.8 Å². The highest BCUT2D eigenvalue weighted by atomic mass is 16.2. The van der Waals surface area contributed by atoms with Gasteiger partial charge in [-0.3, -0.25) is 9.78 Å². The Balaban J connectivity index is 1.69. The number of benzene rings is 1. The molecule has 2 aromatic heterocycles. The molecular weight excluding hydrogens is 324 g/mol. The molecule has 0 radical (unpaired) electrons. The van der Waals surface area contributed by atoms with Crippen LogP contribution in [0.15, 0.2) is 49.1 Å². The molecule has 3 aromatic rings. The summed E-state index contributed by atoms with van der Waals surface area (Å²) in [5, 5.41) is 0.937. The van der Waals surface area contributed by atoms with Gasteiger partial charge in [0, 0.05) is 36.6 Å². The number of imidazole rings is 1. The van der Waals surface area contributed by atoms with E-state index in [9.17, 15) is 4.79 Å². The van der Waals surface area contributed by atoms with E-state index in [4.69, 9.17) is 4.98 Å². The van der Waals surface area contributed by atoms with E-state index in [1.54, 1.807) is 6.20 Å². The number of pyridine rings is 1. The Morgan fingerprint density at radius 3 is 2.88 bits per heavy atom. The van der Waals surface area contributed by atoms with Crippen molar-refractivity contribution in [3.8, 4) is 0 Å². The predicted molar refractivity (Wildman–Crippen MR) is 102 cm³/mol. The van der Waals surface area contributed by atoms with Gasteiger partial charge in [0.05, 0.1) is 23.4 Å². The Hall–Kier alpha value is -2.69. The van der Waals surface area contributed by atoms with Gasteiger partial charge in [-0.25, -0.2) is 4.98 Å². The van der Waals surface area contributed by atoms with Crippen molar-refractivity contribution in [1.82, 2.24) is 19.4 Å². The minimum Gasteiger partial charge on any atom is -0.337 e. The summed E-state index contributed by atoms with van der Waals surface area (Å²) in [6, 6.07) is 10.2. The molecule has 1 atom stereocenters. The van der Waals surface area contributed by atoms with Crippen LogP contribution >= 0.6 is 0 Å². The third-order valence-corrected chi connectivity index (χ3v) is 5.19. The molecule has 1 fully saturated rings. The number of hydrogen-bond donors (Lipinski definition) is 0. The number of aromatic nitrogens is 3. The minimum atomic E-state index is 0.107. The fourth-order valence-electron chi connectivity index (χ4n) is 3.71. The molecule has 0 aliphatic carbocycles. The Bertz CT molecular complexity index is 917. The number of amides is 1. The van der Waals surface area contributed by atoms with Crippen LogP contribution in [0.2, 0.25) is 0 Å². The normalized spacial score (nSPS) is 17.8. The first-order valence-corrected chi connectivity index (χ1v) is 9.30. The van der Waals surface area contributed by atoms with Crippen molar-refractivity contribution in [2.45, 2.75) is 38.6 Å². The van der Waals surface area contributed by atoms with Crippen LogP contribution in [-0.2, 0) is 0 Å². The molecule has 4 rings (SSSR count). The van der Waals surface area contributed by atoms with Crippen LogP contribution in [0, 0.1) is 0 Å². The van der Waals surface area contributed by atoms with E-state index in [0.717, 1.165) is 48.1 Å². The molecule has 1 unspecified atom stereocenters. The summed E-state index contributed by atoms with van der Waals surface area (Å²) in [5.41, 5.74) is 2.63. The van der Waals surface area contributed by atoms with Crippen LogP contribution < -0.4 is 0 Å². The lowest BCUT2D eigenvalue weighted by Gasteiger charge is -2.33. The maximum Gasteiger partial charge on any atom is 0.254 e. The van der Waals surface area contributed by atoms with E-state index < -0.39 is 0 Å². The lowest BCUT2D eigenvalue weighted by atomic mass is 10.00. The molecule has 1 aliphatic rings. The van der Waals surface area contributed by atoms with Gasteiger partial charge in [-0.15, -0.1) is 0 Å².